The molecule has 7 rings (SSSR count). The Kier molecular flexibility index (Phi) is 9.20. The first-order valence-corrected chi connectivity index (χ1v) is 16.4. The molecule has 6 heteroatoms. The average molecular weight is 812 g/mol. The third kappa shape index (κ3) is 5.90. The first kappa shape index (κ1) is 33.4. The third-order valence-electron chi connectivity index (χ3n) is 9.19. The van der Waals surface area contributed by atoms with E-state index in [1.165, 1.54) is 33.4 Å². The van der Waals surface area contributed by atoms with Crippen LogP contribution in [0.5, 0.6) is 11.5 Å². The van der Waals surface area contributed by atoms with Crippen LogP contribution in [0.1, 0.15) is 65.9 Å². The van der Waals surface area contributed by atoms with Gasteiger partial charge in [0.05, 0.1) is 5.69 Å². The van der Waals surface area contributed by atoms with E-state index < -0.39 is 0 Å². The normalized spacial score (nSPS) is 11.4. The number of aromatic nitrogens is 4. The summed E-state index contributed by atoms with van der Waals surface area (Å²) in [6, 6.07) is 32.7. The fourth-order valence-electron chi connectivity index (χ4n) is 6.96. The number of para-hydroxylation sites is 1. The topological polar surface area (TPSA) is 44.9 Å². The molecule has 0 aliphatic carbocycles. The Bertz CT molecular complexity index is 2290. The number of nitrogens with zero attached hydrogens (tertiary/aromatic N) is 4. The number of hydrogen-bond donors (Lipinski definition) is 0. The number of pyridine rings is 1. The summed E-state index contributed by atoms with van der Waals surface area (Å²) in [7, 11) is 0. The molecule has 0 saturated carbocycles. The second-order valence-corrected chi connectivity index (χ2v) is 13.0. The van der Waals surface area contributed by atoms with E-state index in [1.54, 1.807) is 0 Å². The van der Waals surface area contributed by atoms with Crippen LogP contribution in [0.3, 0.4) is 0 Å². The molecule has 48 heavy (non-hydrogen) atoms. The Morgan fingerprint density at radius 1 is 0.792 bits per heavy atom. The first-order chi connectivity index (χ1) is 22.6. The second-order valence-electron chi connectivity index (χ2n) is 13.0. The van der Waals surface area contributed by atoms with Crippen LogP contribution in [0.4, 0.5) is 0 Å². The summed E-state index contributed by atoms with van der Waals surface area (Å²) in [5, 5.41) is 7.31. The monoisotopic (exact) mass is 811 g/mol. The van der Waals surface area contributed by atoms with E-state index in [4.69, 9.17) is 14.8 Å². The van der Waals surface area contributed by atoms with Crippen LogP contribution < -0.4 is 4.74 Å². The van der Waals surface area contributed by atoms with Gasteiger partial charge < -0.3 is 9.30 Å². The minimum Gasteiger partial charge on any atom is -0.509 e. The van der Waals surface area contributed by atoms with Crippen molar-refractivity contribution in [3.63, 3.8) is 0 Å². The van der Waals surface area contributed by atoms with Gasteiger partial charge in [0.1, 0.15) is 5.82 Å². The molecule has 244 valence electrons. The molecule has 3 aromatic heterocycles. The fourth-order valence-corrected chi connectivity index (χ4v) is 6.96. The van der Waals surface area contributed by atoms with Crippen LogP contribution in [0.25, 0.3) is 44.4 Å². The number of benzene rings is 4. The van der Waals surface area contributed by atoms with Crippen LogP contribution in [0.2, 0.25) is 0 Å². The smallest absolute Gasteiger partial charge is 0.509 e. The Hall–Kier alpha value is -4.47. The number of fused-ring (bicyclic) bond motifs is 3. The summed E-state index contributed by atoms with van der Waals surface area (Å²) in [5.41, 5.74) is 13.6. The maximum absolute atomic E-state index is 6.60. The van der Waals surface area contributed by atoms with Gasteiger partial charge in [0.25, 0.3) is 0 Å². The maximum Gasteiger partial charge on any atom is 2.00 e. The van der Waals surface area contributed by atoms with Gasteiger partial charge >= 0.3 is 21.1 Å². The van der Waals surface area contributed by atoms with Crippen molar-refractivity contribution in [2.45, 2.75) is 67.7 Å². The summed E-state index contributed by atoms with van der Waals surface area (Å²) < 4.78 is 10.8. The molecule has 0 radical (unpaired) electrons. The van der Waals surface area contributed by atoms with Gasteiger partial charge in [0.2, 0.25) is 0 Å². The molecular formula is C42H40N4OPt. The van der Waals surface area contributed by atoms with Crippen molar-refractivity contribution in [3.05, 3.63) is 130 Å². The van der Waals surface area contributed by atoms with Gasteiger partial charge in [0.15, 0.2) is 0 Å². The van der Waals surface area contributed by atoms with Gasteiger partial charge in [-0.2, -0.15) is 11.2 Å². The summed E-state index contributed by atoms with van der Waals surface area (Å²) in [5.74, 6) is 2.41. The van der Waals surface area contributed by atoms with E-state index >= 15 is 0 Å². The van der Waals surface area contributed by atoms with Gasteiger partial charge in [-0.15, -0.1) is 41.3 Å². The van der Waals surface area contributed by atoms with Crippen LogP contribution >= 0.6 is 0 Å². The molecule has 0 aliphatic heterocycles. The predicted octanol–water partition coefficient (Wildman–Crippen LogP) is 10.6. The van der Waals surface area contributed by atoms with Crippen molar-refractivity contribution in [1.82, 2.24) is 19.3 Å². The van der Waals surface area contributed by atoms with Gasteiger partial charge in [0, 0.05) is 34.5 Å². The summed E-state index contributed by atoms with van der Waals surface area (Å²) in [6.45, 7) is 17.3. The Balaban J connectivity index is 0.00000401. The van der Waals surface area contributed by atoms with Gasteiger partial charge in [-0.3, -0.25) is 4.68 Å². The van der Waals surface area contributed by atoms with E-state index in [2.05, 4.69) is 139 Å². The van der Waals surface area contributed by atoms with E-state index in [0.29, 0.717) is 11.5 Å². The van der Waals surface area contributed by atoms with Gasteiger partial charge in [-0.1, -0.05) is 62.2 Å². The fraction of sp³-hybridized carbons (Fsp3) is 0.238. The maximum atomic E-state index is 6.60. The van der Waals surface area contributed by atoms with Crippen LogP contribution in [0, 0.1) is 46.8 Å². The molecule has 0 aliphatic rings. The molecule has 0 atom stereocenters. The predicted molar refractivity (Wildman–Crippen MR) is 192 cm³/mol. The first-order valence-electron chi connectivity index (χ1n) is 16.4. The SMILES string of the molecule is CCc1ccnc(-n2c3[c-]c(Oc4[c-]c(-n5nc(C)c(-c6c(C)cc(C)cc6C)c5C)cc(C(C)C)c4)ccc3c3ccccc32)c1.[Pt+2]. The van der Waals surface area contributed by atoms with Gasteiger partial charge in [-0.05, 0) is 98.5 Å². The van der Waals surface area contributed by atoms with E-state index in [9.17, 15) is 0 Å². The molecule has 3 heterocycles. The molecule has 0 saturated heterocycles. The second kappa shape index (κ2) is 13.2. The number of rotatable bonds is 7. The van der Waals surface area contributed by atoms with E-state index in [-0.39, 0.29) is 27.0 Å². The zero-order valence-electron chi connectivity index (χ0n) is 28.8. The minimum atomic E-state index is 0. The third-order valence-corrected chi connectivity index (χ3v) is 9.19. The zero-order valence-corrected chi connectivity index (χ0v) is 31.1. The molecule has 0 amide bonds. The number of ether oxygens (including phenoxy) is 1. The van der Waals surface area contributed by atoms with Crippen LogP contribution in [-0.2, 0) is 27.5 Å². The van der Waals surface area contributed by atoms with E-state index in [0.717, 1.165) is 56.7 Å². The van der Waals surface area contributed by atoms with Crippen LogP contribution in [-0.4, -0.2) is 19.3 Å². The quantitative estimate of drug-likeness (QED) is 0.151. The van der Waals surface area contributed by atoms with Crippen molar-refractivity contribution in [2.24, 2.45) is 0 Å². The van der Waals surface area contributed by atoms with E-state index in [1.807, 2.05) is 16.9 Å². The average Bonchev–Trinajstić information content (AvgIpc) is 3.53. The Labute approximate surface area is 297 Å². The Morgan fingerprint density at radius 3 is 2.27 bits per heavy atom. The van der Waals surface area contributed by atoms with Gasteiger partial charge in [-0.25, -0.2) is 4.98 Å². The molecule has 5 nitrogen and oxygen atoms in total. The zero-order chi connectivity index (χ0) is 33.0. The summed E-state index contributed by atoms with van der Waals surface area (Å²) in [6.07, 6.45) is 2.82. The van der Waals surface area contributed by atoms with Crippen molar-refractivity contribution < 1.29 is 25.8 Å². The summed E-state index contributed by atoms with van der Waals surface area (Å²) in [4.78, 5) is 4.76. The molecule has 0 fully saturated rings. The summed E-state index contributed by atoms with van der Waals surface area (Å²) >= 11 is 0. The molecule has 0 N–H and O–H groups in total. The molecule has 4 aromatic carbocycles. The van der Waals surface area contributed by atoms with Crippen LogP contribution in [0.15, 0.2) is 79.0 Å². The van der Waals surface area contributed by atoms with Crippen molar-refractivity contribution in [3.8, 4) is 34.1 Å². The van der Waals surface area contributed by atoms with Crippen molar-refractivity contribution in [1.29, 1.82) is 0 Å². The molecule has 0 unspecified atom stereocenters. The number of hydrogen-bond acceptors (Lipinski definition) is 3. The minimum absolute atomic E-state index is 0. The molecular weight excluding hydrogens is 772 g/mol. The number of aryl methyl sites for hydroxylation is 5. The van der Waals surface area contributed by atoms with Crippen molar-refractivity contribution >= 4 is 21.8 Å². The largest absolute Gasteiger partial charge is 2.00 e. The molecule has 0 bridgehead atoms. The standard InChI is InChI=1S/C42H40N4O.Pt/c1-9-31-16-17-43-40(20-31)45-38-13-11-10-12-36(38)37-15-14-34(24-39(37)45)47-35-22-32(25(2)3)21-33(23-35)46-30(8)42(29(7)44-46)41-27(5)18-26(4)19-28(41)6;/h10-22,25H,9H2,1-8H3;/q-2;+2. The molecule has 7 aromatic rings. The van der Waals surface area contributed by atoms with Crippen molar-refractivity contribution in [2.75, 3.05) is 0 Å². The molecule has 0 spiro atoms. The Morgan fingerprint density at radius 2 is 1.54 bits per heavy atom.